The smallest absolute Gasteiger partial charge is 0.303 e. The summed E-state index contributed by atoms with van der Waals surface area (Å²) in [4.78, 5) is 216. The van der Waals surface area contributed by atoms with E-state index in [4.69, 9.17) is 40.1 Å². The zero-order valence-corrected chi connectivity index (χ0v) is 58.2. The molecule has 0 saturated carbocycles. The van der Waals surface area contributed by atoms with Crippen molar-refractivity contribution in [3.8, 4) is 0 Å². The van der Waals surface area contributed by atoms with Crippen LogP contribution in [0.25, 0.3) is 0 Å². The average Bonchev–Trinajstić information content (AvgIpc) is 0.857. The summed E-state index contributed by atoms with van der Waals surface area (Å²) in [6.07, 6.45) is -1.47. The van der Waals surface area contributed by atoms with Crippen LogP contribution >= 0.6 is 0 Å². The van der Waals surface area contributed by atoms with Gasteiger partial charge in [-0.2, -0.15) is 0 Å². The lowest BCUT2D eigenvalue weighted by Crippen LogP contribution is -2.61. The number of nitrogens with two attached hydrogens (primary N) is 7. The number of carbonyl (C=O) groups is 16. The summed E-state index contributed by atoms with van der Waals surface area (Å²) >= 11 is 0. The first kappa shape index (κ1) is 87.9. The van der Waals surface area contributed by atoms with Crippen molar-refractivity contribution in [2.45, 2.75) is 212 Å². The van der Waals surface area contributed by atoms with Crippen LogP contribution in [-0.4, -0.2) is 198 Å². The Morgan fingerprint density at radius 2 is 0.900 bits per heavy atom. The fourth-order valence-electron chi connectivity index (χ4n) is 9.75. The molecule has 0 fully saturated rings. The summed E-state index contributed by atoms with van der Waals surface area (Å²) in [6, 6.07) is -6.98. The van der Waals surface area contributed by atoms with Crippen LogP contribution in [0.5, 0.6) is 0 Å². The number of rotatable bonds is 49. The normalized spacial score (nSPS) is 14.6. The fraction of sp³-hybridized carbons (Fsp3) is 0.635. The van der Waals surface area contributed by atoms with Crippen LogP contribution in [0.1, 0.15) is 144 Å². The van der Waals surface area contributed by atoms with Gasteiger partial charge in [0.25, 0.3) is 0 Å². The van der Waals surface area contributed by atoms with Crippen LogP contribution < -0.4 is 104 Å². The Kier molecular flexibility index (Phi) is 40.7. The van der Waals surface area contributed by atoms with E-state index in [1.807, 2.05) is 0 Å². The van der Waals surface area contributed by atoms with E-state index in [1.165, 1.54) is 27.7 Å². The van der Waals surface area contributed by atoms with Gasteiger partial charge in [-0.05, 0) is 101 Å². The zero-order valence-electron chi connectivity index (χ0n) is 58.2. The van der Waals surface area contributed by atoms with E-state index in [-0.39, 0.29) is 89.8 Å². The maximum atomic E-state index is 14.3. The Morgan fingerprint density at radius 1 is 0.450 bits per heavy atom. The molecule has 0 aromatic heterocycles. The van der Waals surface area contributed by atoms with Crippen molar-refractivity contribution in [1.29, 1.82) is 0 Å². The highest BCUT2D eigenvalue weighted by Crippen LogP contribution is 2.14. The number of primary amides is 3. The highest BCUT2D eigenvalue weighted by atomic mass is 16.4. The van der Waals surface area contributed by atoms with E-state index in [9.17, 15) is 81.8 Å². The van der Waals surface area contributed by atoms with Gasteiger partial charge in [-0.1, -0.05) is 78.3 Å². The molecule has 0 heterocycles. The minimum atomic E-state index is -1.78. The molecule has 0 spiro atoms. The third-order valence-electron chi connectivity index (χ3n) is 15.6. The summed E-state index contributed by atoms with van der Waals surface area (Å²) in [7, 11) is 0. The molecule has 100 heavy (non-hydrogen) atoms. The highest BCUT2D eigenvalue weighted by molar-refractivity contribution is 6.00. The molecule has 37 heteroatoms. The molecule has 12 atom stereocenters. The Bertz CT molecular complexity index is 2990. The minimum absolute atomic E-state index is 0.0488. The van der Waals surface area contributed by atoms with Crippen LogP contribution in [-0.2, 0) is 83.1 Å². The number of hydrogen-bond acceptors (Lipinski definition) is 19. The molecule has 0 bridgehead atoms. The van der Waals surface area contributed by atoms with Gasteiger partial charge in [0.05, 0.1) is 13.0 Å². The molecule has 1 aromatic carbocycles. The number of hydrogen-bond donors (Lipinski definition) is 20. The van der Waals surface area contributed by atoms with E-state index in [2.05, 4.69) is 68.8 Å². The molecule has 560 valence electrons. The molecule has 27 N–H and O–H groups in total. The Hall–Kier alpha value is -10.1. The molecule has 1 rings (SSSR count). The van der Waals surface area contributed by atoms with E-state index in [0.29, 0.717) is 12.0 Å². The number of aliphatic imine (C=N–C) groups is 1. The van der Waals surface area contributed by atoms with Gasteiger partial charge in [0.1, 0.15) is 66.5 Å². The van der Waals surface area contributed by atoms with Gasteiger partial charge in [-0.25, -0.2) is 0 Å². The second kappa shape index (κ2) is 46.2. The van der Waals surface area contributed by atoms with Crippen molar-refractivity contribution in [1.82, 2.24) is 63.8 Å². The second-order valence-corrected chi connectivity index (χ2v) is 24.8. The van der Waals surface area contributed by atoms with E-state index < -0.39 is 205 Å². The SMILES string of the molecule is CC[C@H](C)[C@H](NC(=O)[C@H](CCC(=O)O)NC(=O)[C@H](CCCCN)NC(=O)CNC(=O)[C@H](CC(N)=O)NC(=O)[C@@H](NC(=O)[C@H](CCCN)NC(=O)[C@@H](NC(=O)[C@H](Cc1ccccc1)NC(=O)[C@H](CCCN=C(N)N)NC(C)=O)C(C)C)C(C)C)C(=O)N[C@@H](C)C(=O)N[C@@H](CCC(N)=O)C(N)=O. The topological polar surface area (TPSA) is 632 Å². The van der Waals surface area contributed by atoms with E-state index in [0.717, 1.165) is 0 Å². The number of amides is 15. The lowest BCUT2D eigenvalue weighted by atomic mass is 9.97. The molecule has 0 aliphatic carbocycles. The first-order valence-electron chi connectivity index (χ1n) is 33.1. The molecule has 0 radical (unpaired) electrons. The fourth-order valence-corrected chi connectivity index (χ4v) is 9.75. The molecular weight excluding hydrogens is 1310 g/mol. The third kappa shape index (κ3) is 34.4. The molecule has 0 aliphatic heterocycles. The zero-order chi connectivity index (χ0) is 75.9. The highest BCUT2D eigenvalue weighted by Gasteiger charge is 2.38. The van der Waals surface area contributed by atoms with Crippen LogP contribution in [0, 0.1) is 17.8 Å². The average molecular weight is 1420 g/mol. The molecule has 37 nitrogen and oxygen atoms in total. The molecule has 1 aromatic rings. The number of carbonyl (C=O) groups excluding carboxylic acids is 15. The van der Waals surface area contributed by atoms with Crippen LogP contribution in [0.15, 0.2) is 35.3 Å². The quantitative estimate of drug-likeness (QED) is 0.0164. The lowest BCUT2D eigenvalue weighted by Gasteiger charge is -2.29. The third-order valence-corrected chi connectivity index (χ3v) is 15.6. The van der Waals surface area contributed by atoms with Gasteiger partial charge >= 0.3 is 5.97 Å². The molecule has 0 aliphatic rings. The van der Waals surface area contributed by atoms with E-state index in [1.54, 1.807) is 58.0 Å². The number of guanidine groups is 1. The summed E-state index contributed by atoms with van der Waals surface area (Å²) in [5.74, 6) is -17.2. The molecule has 15 amide bonds. The van der Waals surface area contributed by atoms with Gasteiger partial charge < -0.3 is 109 Å². The van der Waals surface area contributed by atoms with Crippen LogP contribution in [0.4, 0.5) is 0 Å². The lowest BCUT2D eigenvalue weighted by molar-refractivity contribution is -0.139. The summed E-state index contributed by atoms with van der Waals surface area (Å²) in [5.41, 5.74) is 39.0. The minimum Gasteiger partial charge on any atom is -0.481 e. The van der Waals surface area contributed by atoms with Crippen molar-refractivity contribution in [2.75, 3.05) is 26.2 Å². The number of unbranched alkanes of at least 4 members (excludes halogenated alkanes) is 1. The van der Waals surface area contributed by atoms with Crippen LogP contribution in [0.2, 0.25) is 0 Å². The Morgan fingerprint density at radius 3 is 1.40 bits per heavy atom. The van der Waals surface area contributed by atoms with Crippen molar-refractivity contribution < 1.29 is 81.8 Å². The van der Waals surface area contributed by atoms with Crippen molar-refractivity contribution >= 4 is 101 Å². The molecule has 0 saturated heterocycles. The van der Waals surface area contributed by atoms with E-state index >= 15 is 0 Å². The van der Waals surface area contributed by atoms with Gasteiger partial charge in [0.15, 0.2) is 5.96 Å². The predicted octanol–water partition coefficient (Wildman–Crippen LogP) is -6.51. The summed E-state index contributed by atoms with van der Waals surface area (Å²) in [5, 5.41) is 39.5. The van der Waals surface area contributed by atoms with Gasteiger partial charge in [0.2, 0.25) is 88.6 Å². The van der Waals surface area contributed by atoms with Crippen molar-refractivity contribution in [3.63, 3.8) is 0 Å². The number of carboxylic acid groups (broad SMARTS) is 1. The Balaban J connectivity index is 3.42. The number of nitrogens with zero attached hydrogens (tertiary/aromatic N) is 1. The number of aliphatic carboxylic acids is 1. The monoisotopic (exact) mass is 1410 g/mol. The number of benzene rings is 1. The van der Waals surface area contributed by atoms with Gasteiger partial charge in [0, 0.05) is 32.7 Å². The van der Waals surface area contributed by atoms with Crippen molar-refractivity contribution in [3.05, 3.63) is 35.9 Å². The number of carboxylic acids is 1. The first-order valence-corrected chi connectivity index (χ1v) is 33.1. The largest absolute Gasteiger partial charge is 0.481 e. The molecular formula is C63H106N20O17. The second-order valence-electron chi connectivity index (χ2n) is 24.8. The standard InChI is InChI=1S/C63H106N20O17/c1-9-34(6)51(62(100)73-35(7)53(91)76-38(52(68)90)22-24-45(66)85)83-58(96)42(23-25-48(88)89)77-56(94)40(19-13-14-26-64)75-47(87)31-72-54(92)44(30-46(67)86)80-61(99)50(33(4)5)81-57(95)41(20-15-27-65)78-60(98)49(32(2)3)82-59(97)43(29-37-17-11-10-12-18-37)79-55(93)39(74-36(8)84)21-16-28-71-63(69)70/h10-12,17-18,32-35,38-44,49-51H,9,13-16,19-31,64-65H2,1-8H3,(H2,66,85)(H2,67,86)(H2,68,90)(H,72,92)(H,73,100)(H,74,84)(H,75,87)(H,76,91)(H,77,94)(H,78,98)(H,79,93)(H,80,99)(H,81,95)(H,82,97)(H,83,96)(H,88,89)(H4,69,70,71)/t34-,35-,38-,39-,40-,41-,42-,43-,44-,49-,50-,51-/m0/s1. The first-order chi connectivity index (χ1) is 47.0. The summed E-state index contributed by atoms with van der Waals surface area (Å²) < 4.78 is 0. The summed E-state index contributed by atoms with van der Waals surface area (Å²) in [6.45, 7) is 11.5. The van der Waals surface area contributed by atoms with Gasteiger partial charge in [-0.15, -0.1) is 0 Å². The van der Waals surface area contributed by atoms with Crippen LogP contribution in [0.3, 0.4) is 0 Å². The van der Waals surface area contributed by atoms with Gasteiger partial charge in [-0.3, -0.25) is 81.7 Å². The van der Waals surface area contributed by atoms with Crippen molar-refractivity contribution in [2.24, 2.45) is 62.9 Å². The predicted molar refractivity (Wildman–Crippen MR) is 364 cm³/mol. The molecule has 0 unspecified atom stereocenters. The maximum Gasteiger partial charge on any atom is 0.303 e. The Labute approximate surface area is 580 Å². The number of nitrogens with one attached hydrogen (secondary N) is 12. The maximum absolute atomic E-state index is 14.3.